The Morgan fingerprint density at radius 3 is 2.61 bits per heavy atom. The van der Waals surface area contributed by atoms with Crippen LogP contribution in [0.15, 0.2) is 35.7 Å². The molecule has 1 saturated heterocycles. The monoisotopic (exact) mass is 399 g/mol. The molecule has 0 atom stereocenters. The highest BCUT2D eigenvalue weighted by Gasteiger charge is 2.40. The van der Waals surface area contributed by atoms with Gasteiger partial charge in [0.25, 0.3) is 0 Å². The number of thiophene rings is 1. The van der Waals surface area contributed by atoms with Crippen molar-refractivity contribution in [2.45, 2.75) is 25.0 Å². The van der Waals surface area contributed by atoms with Gasteiger partial charge in [-0.1, -0.05) is 30.3 Å². The van der Waals surface area contributed by atoms with Crippen molar-refractivity contribution < 1.29 is 19.7 Å². The van der Waals surface area contributed by atoms with E-state index in [-0.39, 0.29) is 12.8 Å². The fourth-order valence-corrected chi connectivity index (χ4v) is 4.48. The van der Waals surface area contributed by atoms with Gasteiger partial charge in [0.1, 0.15) is 17.3 Å². The fraction of sp³-hybridized carbons (Fsp3) is 0.350. The first-order valence-electron chi connectivity index (χ1n) is 9.05. The molecule has 1 fully saturated rings. The molecule has 2 N–H and O–H groups in total. The number of fused-ring (bicyclic) bond motifs is 1. The second kappa shape index (κ2) is 7.46. The minimum absolute atomic E-state index is 0.151. The van der Waals surface area contributed by atoms with Crippen molar-refractivity contribution in [2.75, 3.05) is 25.1 Å². The summed E-state index contributed by atoms with van der Waals surface area (Å²) in [5, 5.41) is 22.6. The van der Waals surface area contributed by atoms with E-state index in [4.69, 9.17) is 9.72 Å². The Balaban J connectivity index is 1.79. The Labute approximate surface area is 166 Å². The standard InChI is InChI=1S/C20H21N3O4S/c1-27-11-15-21-17(23-9-7-20(26,8-10-23)19(24)25)16-14(12-28-18(16)22-15)13-5-3-2-4-6-13/h2-6,12,26H,7-11H2,1H3,(H,24,25). The number of carbonyl (C=O) groups is 1. The lowest BCUT2D eigenvalue weighted by Gasteiger charge is -2.36. The van der Waals surface area contributed by atoms with E-state index in [2.05, 4.69) is 10.4 Å². The van der Waals surface area contributed by atoms with Crippen molar-refractivity contribution in [3.8, 4) is 11.1 Å². The van der Waals surface area contributed by atoms with Gasteiger partial charge in [0, 0.05) is 44.0 Å². The van der Waals surface area contributed by atoms with Crippen molar-refractivity contribution in [3.63, 3.8) is 0 Å². The molecule has 28 heavy (non-hydrogen) atoms. The van der Waals surface area contributed by atoms with Crippen LogP contribution in [0.2, 0.25) is 0 Å². The van der Waals surface area contributed by atoms with Crippen LogP contribution in [0.3, 0.4) is 0 Å². The number of nitrogens with zero attached hydrogens (tertiary/aromatic N) is 3. The summed E-state index contributed by atoms with van der Waals surface area (Å²) in [6.07, 6.45) is 0.302. The molecule has 1 aliphatic rings. The highest BCUT2D eigenvalue weighted by atomic mass is 32.1. The number of carboxylic acids is 1. The lowest BCUT2D eigenvalue weighted by Crippen LogP contribution is -2.49. The number of methoxy groups -OCH3 is 1. The van der Waals surface area contributed by atoms with Gasteiger partial charge in [0.05, 0.1) is 5.39 Å². The van der Waals surface area contributed by atoms with Crippen LogP contribution in [0.5, 0.6) is 0 Å². The first kappa shape index (κ1) is 18.8. The van der Waals surface area contributed by atoms with Crippen LogP contribution in [0.25, 0.3) is 21.3 Å². The summed E-state index contributed by atoms with van der Waals surface area (Å²) in [5.41, 5.74) is 0.463. The number of ether oxygens (including phenoxy) is 1. The first-order chi connectivity index (χ1) is 13.5. The minimum Gasteiger partial charge on any atom is -0.479 e. The van der Waals surface area contributed by atoms with Gasteiger partial charge >= 0.3 is 5.97 Å². The second-order valence-electron chi connectivity index (χ2n) is 6.92. The van der Waals surface area contributed by atoms with Crippen LogP contribution in [0.4, 0.5) is 5.82 Å². The normalized spacial score (nSPS) is 16.4. The predicted octanol–water partition coefficient (Wildman–Crippen LogP) is 2.92. The van der Waals surface area contributed by atoms with Gasteiger partial charge in [0.2, 0.25) is 0 Å². The van der Waals surface area contributed by atoms with Crippen LogP contribution in [-0.2, 0) is 16.1 Å². The number of aromatic nitrogens is 2. The van der Waals surface area contributed by atoms with Crippen molar-refractivity contribution in [1.82, 2.24) is 9.97 Å². The van der Waals surface area contributed by atoms with Gasteiger partial charge in [-0.05, 0) is 5.56 Å². The minimum atomic E-state index is -1.67. The van der Waals surface area contributed by atoms with Crippen LogP contribution in [0.1, 0.15) is 18.7 Å². The molecule has 1 aliphatic heterocycles. The highest BCUT2D eigenvalue weighted by Crippen LogP contribution is 2.39. The average molecular weight is 399 g/mol. The van der Waals surface area contributed by atoms with Crippen molar-refractivity contribution in [1.29, 1.82) is 0 Å². The van der Waals surface area contributed by atoms with Gasteiger partial charge in [-0.3, -0.25) is 0 Å². The van der Waals surface area contributed by atoms with Crippen molar-refractivity contribution in [3.05, 3.63) is 41.5 Å². The molecule has 146 valence electrons. The molecule has 0 spiro atoms. The maximum atomic E-state index is 11.4. The van der Waals surface area contributed by atoms with Crippen molar-refractivity contribution >= 4 is 33.3 Å². The average Bonchev–Trinajstić information content (AvgIpc) is 3.13. The van der Waals surface area contributed by atoms with E-state index >= 15 is 0 Å². The van der Waals surface area contributed by atoms with E-state index in [1.807, 2.05) is 35.2 Å². The maximum absolute atomic E-state index is 11.4. The zero-order valence-corrected chi connectivity index (χ0v) is 16.3. The van der Waals surface area contributed by atoms with Crippen LogP contribution >= 0.6 is 11.3 Å². The number of aliphatic hydroxyl groups is 1. The van der Waals surface area contributed by atoms with Gasteiger partial charge < -0.3 is 19.8 Å². The van der Waals surface area contributed by atoms with Gasteiger partial charge in [-0.15, -0.1) is 11.3 Å². The Hall–Kier alpha value is -2.55. The largest absolute Gasteiger partial charge is 0.479 e. The highest BCUT2D eigenvalue weighted by molar-refractivity contribution is 7.17. The molecule has 0 unspecified atom stereocenters. The van der Waals surface area contributed by atoms with E-state index in [1.54, 1.807) is 18.4 Å². The number of benzene rings is 1. The summed E-state index contributed by atoms with van der Waals surface area (Å²) in [7, 11) is 1.60. The van der Waals surface area contributed by atoms with E-state index in [0.717, 1.165) is 27.2 Å². The summed E-state index contributed by atoms with van der Waals surface area (Å²) >= 11 is 1.55. The van der Waals surface area contributed by atoms with E-state index < -0.39 is 11.6 Å². The number of piperidine rings is 1. The molecule has 3 aromatic rings. The van der Waals surface area contributed by atoms with Gasteiger partial charge in [-0.25, -0.2) is 14.8 Å². The second-order valence-corrected chi connectivity index (χ2v) is 7.77. The molecular weight excluding hydrogens is 378 g/mol. The lowest BCUT2D eigenvalue weighted by molar-refractivity contribution is -0.160. The molecule has 7 nitrogen and oxygen atoms in total. The summed E-state index contributed by atoms with van der Waals surface area (Å²) in [4.78, 5) is 23.6. The molecule has 4 rings (SSSR count). The number of carboxylic acid groups (broad SMARTS) is 1. The molecule has 0 saturated carbocycles. The number of hydrogen-bond donors (Lipinski definition) is 2. The molecule has 2 aromatic heterocycles. The quantitative estimate of drug-likeness (QED) is 0.681. The molecule has 0 bridgehead atoms. The summed E-state index contributed by atoms with van der Waals surface area (Å²) < 4.78 is 5.22. The number of rotatable bonds is 5. The smallest absolute Gasteiger partial charge is 0.335 e. The zero-order valence-electron chi connectivity index (χ0n) is 15.5. The Kier molecular flexibility index (Phi) is 5.01. The summed E-state index contributed by atoms with van der Waals surface area (Å²) in [6.45, 7) is 1.12. The van der Waals surface area contributed by atoms with Gasteiger partial charge in [0.15, 0.2) is 11.4 Å². The molecule has 0 radical (unpaired) electrons. The molecule has 8 heteroatoms. The molecular formula is C20H21N3O4S. The number of anilines is 1. The zero-order chi connectivity index (χ0) is 19.7. The number of hydrogen-bond acceptors (Lipinski definition) is 7. The lowest BCUT2D eigenvalue weighted by atomic mass is 9.91. The van der Waals surface area contributed by atoms with E-state index in [9.17, 15) is 15.0 Å². The number of aliphatic carboxylic acids is 1. The molecule has 0 aliphatic carbocycles. The first-order valence-corrected chi connectivity index (χ1v) is 9.93. The molecule has 1 aromatic carbocycles. The Morgan fingerprint density at radius 1 is 1.25 bits per heavy atom. The van der Waals surface area contributed by atoms with E-state index in [1.165, 1.54) is 0 Å². The topological polar surface area (TPSA) is 95.8 Å². The Morgan fingerprint density at radius 2 is 1.96 bits per heavy atom. The maximum Gasteiger partial charge on any atom is 0.335 e. The molecule has 0 amide bonds. The summed E-state index contributed by atoms with van der Waals surface area (Å²) in [6, 6.07) is 10.1. The third-order valence-electron chi connectivity index (χ3n) is 5.11. The van der Waals surface area contributed by atoms with Crippen LogP contribution < -0.4 is 4.90 Å². The summed E-state index contributed by atoms with van der Waals surface area (Å²) in [5.74, 6) is 0.190. The Bertz CT molecular complexity index is 997. The van der Waals surface area contributed by atoms with Crippen LogP contribution in [0, 0.1) is 0 Å². The molecule has 3 heterocycles. The van der Waals surface area contributed by atoms with Crippen LogP contribution in [-0.4, -0.2) is 52.0 Å². The van der Waals surface area contributed by atoms with E-state index in [0.29, 0.717) is 25.5 Å². The SMILES string of the molecule is COCc1nc(N2CCC(O)(C(=O)O)CC2)c2c(-c3ccccc3)csc2n1. The third kappa shape index (κ3) is 3.34. The van der Waals surface area contributed by atoms with Crippen molar-refractivity contribution in [2.24, 2.45) is 0 Å². The van der Waals surface area contributed by atoms with Gasteiger partial charge in [-0.2, -0.15) is 0 Å². The predicted molar refractivity (Wildman–Crippen MR) is 108 cm³/mol. The fourth-order valence-electron chi connectivity index (χ4n) is 3.52. The third-order valence-corrected chi connectivity index (χ3v) is 5.98.